The summed E-state index contributed by atoms with van der Waals surface area (Å²) in [4.78, 5) is 11.6. The number of nitrogens with zero attached hydrogens (tertiary/aromatic N) is 1. The minimum atomic E-state index is -0.369. The SMILES string of the molecule is C[C@H](NCc1cccc([N+](=O)[O-])c1)c1cccs1. The summed E-state index contributed by atoms with van der Waals surface area (Å²) in [5.74, 6) is 0. The van der Waals surface area contributed by atoms with Crippen LogP contribution < -0.4 is 5.32 Å². The molecular formula is C13H14N2O2S. The first-order valence-electron chi connectivity index (χ1n) is 5.67. The van der Waals surface area contributed by atoms with Crippen molar-refractivity contribution in [2.24, 2.45) is 0 Å². The van der Waals surface area contributed by atoms with Crippen LogP contribution in [-0.4, -0.2) is 4.92 Å². The zero-order chi connectivity index (χ0) is 13.0. The van der Waals surface area contributed by atoms with Gasteiger partial charge in [-0.3, -0.25) is 10.1 Å². The van der Waals surface area contributed by atoms with Crippen molar-refractivity contribution >= 4 is 17.0 Å². The van der Waals surface area contributed by atoms with Gasteiger partial charge in [-0.15, -0.1) is 11.3 Å². The molecule has 5 heteroatoms. The van der Waals surface area contributed by atoms with E-state index in [2.05, 4.69) is 18.3 Å². The summed E-state index contributed by atoms with van der Waals surface area (Å²) >= 11 is 1.70. The van der Waals surface area contributed by atoms with E-state index < -0.39 is 0 Å². The molecule has 0 saturated carbocycles. The fourth-order valence-electron chi connectivity index (χ4n) is 1.69. The Morgan fingerprint density at radius 2 is 2.22 bits per heavy atom. The van der Waals surface area contributed by atoms with E-state index in [4.69, 9.17) is 0 Å². The minimum absolute atomic E-state index is 0.137. The Morgan fingerprint density at radius 3 is 2.89 bits per heavy atom. The van der Waals surface area contributed by atoms with Crippen molar-refractivity contribution in [1.29, 1.82) is 0 Å². The smallest absolute Gasteiger partial charge is 0.269 e. The molecule has 18 heavy (non-hydrogen) atoms. The van der Waals surface area contributed by atoms with Gasteiger partial charge in [0, 0.05) is 29.6 Å². The predicted molar refractivity (Wildman–Crippen MR) is 72.7 cm³/mol. The van der Waals surface area contributed by atoms with Gasteiger partial charge in [0.15, 0.2) is 0 Å². The summed E-state index contributed by atoms with van der Waals surface area (Å²) in [6, 6.07) is 11.1. The van der Waals surface area contributed by atoms with Crippen LogP contribution in [0.15, 0.2) is 41.8 Å². The van der Waals surface area contributed by atoms with Crippen molar-refractivity contribution in [3.05, 3.63) is 62.3 Å². The first kappa shape index (κ1) is 12.7. The third-order valence-corrected chi connectivity index (χ3v) is 3.76. The van der Waals surface area contributed by atoms with Gasteiger partial charge in [0.2, 0.25) is 0 Å². The second-order valence-electron chi connectivity index (χ2n) is 4.05. The molecule has 4 nitrogen and oxygen atoms in total. The van der Waals surface area contributed by atoms with Gasteiger partial charge in [-0.1, -0.05) is 18.2 Å². The van der Waals surface area contributed by atoms with Crippen LogP contribution >= 0.6 is 11.3 Å². The Bertz CT molecular complexity index is 526. The number of nitro groups is 1. The molecule has 0 aliphatic carbocycles. The Labute approximate surface area is 109 Å². The average Bonchev–Trinajstić information content (AvgIpc) is 2.90. The fourth-order valence-corrected chi connectivity index (χ4v) is 2.45. The second kappa shape index (κ2) is 5.75. The van der Waals surface area contributed by atoms with Crippen molar-refractivity contribution < 1.29 is 4.92 Å². The van der Waals surface area contributed by atoms with E-state index in [0.29, 0.717) is 6.54 Å². The maximum atomic E-state index is 10.7. The van der Waals surface area contributed by atoms with Crippen LogP contribution in [-0.2, 0) is 6.54 Å². The number of benzene rings is 1. The summed E-state index contributed by atoms with van der Waals surface area (Å²) in [6.07, 6.45) is 0. The highest BCUT2D eigenvalue weighted by Gasteiger charge is 2.08. The Morgan fingerprint density at radius 1 is 1.39 bits per heavy atom. The predicted octanol–water partition coefficient (Wildman–Crippen LogP) is 3.51. The highest BCUT2D eigenvalue weighted by atomic mass is 32.1. The molecule has 1 aromatic heterocycles. The van der Waals surface area contributed by atoms with E-state index in [1.807, 2.05) is 17.5 Å². The molecule has 0 saturated heterocycles. The summed E-state index contributed by atoms with van der Waals surface area (Å²) in [5.41, 5.74) is 1.06. The van der Waals surface area contributed by atoms with Crippen molar-refractivity contribution in [2.75, 3.05) is 0 Å². The Balaban J connectivity index is 1.98. The van der Waals surface area contributed by atoms with Gasteiger partial charge in [-0.2, -0.15) is 0 Å². The van der Waals surface area contributed by atoms with Crippen LogP contribution in [0.25, 0.3) is 0 Å². The van der Waals surface area contributed by atoms with Gasteiger partial charge in [-0.25, -0.2) is 0 Å². The van der Waals surface area contributed by atoms with Crippen molar-refractivity contribution in [3.63, 3.8) is 0 Å². The van der Waals surface area contributed by atoms with Gasteiger partial charge in [0.1, 0.15) is 0 Å². The standard InChI is InChI=1S/C13H14N2O2S/c1-10(13-6-3-7-18-13)14-9-11-4-2-5-12(8-11)15(16)17/h2-8,10,14H,9H2,1H3/t10-/m0/s1. The van der Waals surface area contributed by atoms with Crippen molar-refractivity contribution in [1.82, 2.24) is 5.32 Å². The number of non-ortho nitro benzene ring substituents is 1. The zero-order valence-electron chi connectivity index (χ0n) is 10.00. The lowest BCUT2D eigenvalue weighted by Crippen LogP contribution is -2.17. The van der Waals surface area contributed by atoms with Crippen molar-refractivity contribution in [2.45, 2.75) is 19.5 Å². The summed E-state index contributed by atoms with van der Waals surface area (Å²) in [5, 5.41) is 16.1. The third kappa shape index (κ3) is 3.15. The highest BCUT2D eigenvalue weighted by molar-refractivity contribution is 7.10. The van der Waals surface area contributed by atoms with E-state index >= 15 is 0 Å². The molecule has 0 aliphatic heterocycles. The monoisotopic (exact) mass is 262 g/mol. The molecule has 2 aromatic rings. The van der Waals surface area contributed by atoms with E-state index in [-0.39, 0.29) is 16.7 Å². The minimum Gasteiger partial charge on any atom is -0.305 e. The first-order chi connectivity index (χ1) is 8.66. The molecule has 1 N–H and O–H groups in total. The largest absolute Gasteiger partial charge is 0.305 e. The number of thiophene rings is 1. The molecular weight excluding hydrogens is 248 g/mol. The van der Waals surface area contributed by atoms with Crippen molar-refractivity contribution in [3.8, 4) is 0 Å². The second-order valence-corrected chi connectivity index (χ2v) is 5.02. The molecule has 0 radical (unpaired) electrons. The topological polar surface area (TPSA) is 55.2 Å². The molecule has 2 rings (SSSR count). The first-order valence-corrected chi connectivity index (χ1v) is 6.55. The quantitative estimate of drug-likeness (QED) is 0.662. The van der Waals surface area contributed by atoms with Crippen LogP contribution in [0.5, 0.6) is 0 Å². The zero-order valence-corrected chi connectivity index (χ0v) is 10.8. The molecule has 0 unspecified atom stereocenters. The van der Waals surface area contributed by atoms with Crippen LogP contribution in [0.3, 0.4) is 0 Å². The van der Waals surface area contributed by atoms with Gasteiger partial charge >= 0.3 is 0 Å². The maximum absolute atomic E-state index is 10.7. The number of hydrogen-bond donors (Lipinski definition) is 1. The van der Waals surface area contributed by atoms with Crippen LogP contribution in [0.1, 0.15) is 23.4 Å². The normalized spacial score (nSPS) is 12.3. The van der Waals surface area contributed by atoms with E-state index in [9.17, 15) is 10.1 Å². The summed E-state index contributed by atoms with van der Waals surface area (Å²) < 4.78 is 0. The Kier molecular flexibility index (Phi) is 4.07. The van der Waals surface area contributed by atoms with E-state index in [1.165, 1.54) is 10.9 Å². The van der Waals surface area contributed by atoms with Gasteiger partial charge in [0.05, 0.1) is 4.92 Å². The number of nitro benzene ring substituents is 1. The molecule has 0 amide bonds. The summed E-state index contributed by atoms with van der Waals surface area (Å²) in [7, 11) is 0. The molecule has 0 bridgehead atoms. The van der Waals surface area contributed by atoms with Gasteiger partial charge in [0.25, 0.3) is 5.69 Å². The lowest BCUT2D eigenvalue weighted by molar-refractivity contribution is -0.384. The van der Waals surface area contributed by atoms with E-state index in [0.717, 1.165) is 5.56 Å². The lowest BCUT2D eigenvalue weighted by Gasteiger charge is -2.11. The van der Waals surface area contributed by atoms with Crippen LogP contribution in [0, 0.1) is 10.1 Å². The maximum Gasteiger partial charge on any atom is 0.269 e. The molecule has 1 aromatic carbocycles. The van der Waals surface area contributed by atoms with E-state index in [1.54, 1.807) is 23.5 Å². The highest BCUT2D eigenvalue weighted by Crippen LogP contribution is 2.19. The lowest BCUT2D eigenvalue weighted by atomic mass is 10.2. The Hall–Kier alpha value is -1.72. The number of hydrogen-bond acceptors (Lipinski definition) is 4. The average molecular weight is 262 g/mol. The molecule has 0 spiro atoms. The number of rotatable bonds is 5. The van der Waals surface area contributed by atoms with Gasteiger partial charge < -0.3 is 5.32 Å². The van der Waals surface area contributed by atoms with Crippen LogP contribution in [0.4, 0.5) is 5.69 Å². The molecule has 1 heterocycles. The molecule has 1 atom stereocenters. The molecule has 0 fully saturated rings. The third-order valence-electron chi connectivity index (χ3n) is 2.70. The number of nitrogens with one attached hydrogen (secondary N) is 1. The van der Waals surface area contributed by atoms with Gasteiger partial charge in [-0.05, 0) is 23.9 Å². The van der Waals surface area contributed by atoms with Crippen LogP contribution in [0.2, 0.25) is 0 Å². The summed E-state index contributed by atoms with van der Waals surface area (Å²) in [6.45, 7) is 2.71. The molecule has 0 aliphatic rings. The fraction of sp³-hybridized carbons (Fsp3) is 0.231. The molecule has 94 valence electrons.